The van der Waals surface area contributed by atoms with Gasteiger partial charge < -0.3 is 0 Å². The summed E-state index contributed by atoms with van der Waals surface area (Å²) in [6.07, 6.45) is 1.55. The van der Waals surface area contributed by atoms with Gasteiger partial charge in [-0.05, 0) is 42.3 Å². The summed E-state index contributed by atoms with van der Waals surface area (Å²) in [5.41, 5.74) is 1.74. The summed E-state index contributed by atoms with van der Waals surface area (Å²) in [5, 5.41) is 11.6. The van der Waals surface area contributed by atoms with Gasteiger partial charge in [-0.15, -0.1) is 0 Å². The van der Waals surface area contributed by atoms with Crippen LogP contribution in [0.5, 0.6) is 0 Å². The number of benzene rings is 2. The molecule has 1 aliphatic heterocycles. The van der Waals surface area contributed by atoms with Crippen LogP contribution in [0.25, 0.3) is 6.08 Å². The van der Waals surface area contributed by atoms with Gasteiger partial charge in [0.15, 0.2) is 4.32 Å². The maximum Gasteiger partial charge on any atom is 0.288 e. The largest absolute Gasteiger partial charge is 0.288 e. The molecular formula is C17H10Cl2N2O3S2. The van der Waals surface area contributed by atoms with Gasteiger partial charge in [0.05, 0.1) is 15.5 Å². The number of nitrogens with zero attached hydrogens (tertiary/aromatic N) is 2. The zero-order chi connectivity index (χ0) is 19.0. The lowest BCUT2D eigenvalue weighted by molar-refractivity contribution is -0.384. The Morgan fingerprint density at radius 3 is 2.58 bits per heavy atom. The molecule has 132 valence electrons. The molecule has 0 radical (unpaired) electrons. The van der Waals surface area contributed by atoms with Gasteiger partial charge in [0.2, 0.25) is 0 Å². The molecule has 1 aliphatic rings. The zero-order valence-corrected chi connectivity index (χ0v) is 16.4. The number of thiocarbonyl (C=S) groups is 1. The number of aryl methyl sites for hydroxylation is 1. The zero-order valence-electron chi connectivity index (χ0n) is 13.2. The number of thioether (sulfide) groups is 1. The molecule has 0 unspecified atom stereocenters. The van der Waals surface area contributed by atoms with Gasteiger partial charge in [-0.1, -0.05) is 59.3 Å². The molecule has 9 heteroatoms. The van der Waals surface area contributed by atoms with Crippen LogP contribution in [0.2, 0.25) is 10.0 Å². The first kappa shape index (κ1) is 18.8. The van der Waals surface area contributed by atoms with Crippen LogP contribution >= 0.6 is 47.2 Å². The van der Waals surface area contributed by atoms with E-state index in [4.69, 9.17) is 35.4 Å². The molecule has 3 rings (SSSR count). The summed E-state index contributed by atoms with van der Waals surface area (Å²) in [6, 6.07) is 9.59. The van der Waals surface area contributed by atoms with E-state index in [2.05, 4.69) is 0 Å². The van der Waals surface area contributed by atoms with Crippen LogP contribution in [0, 0.1) is 17.0 Å². The van der Waals surface area contributed by atoms with Gasteiger partial charge in [0.25, 0.3) is 11.6 Å². The number of carbonyl (C=O) groups is 1. The Morgan fingerprint density at radius 2 is 1.92 bits per heavy atom. The average Bonchev–Trinajstić information content (AvgIpc) is 2.85. The molecule has 0 spiro atoms. The standard InChI is InChI=1S/C17H10Cl2N2O3S2/c1-9-2-4-11(8-13(9)19)20-16(22)15(26-17(20)25)7-10-3-5-12(18)14(6-10)21(23)24/h2-8H,1H3. The third kappa shape index (κ3) is 3.61. The third-order valence-corrected chi connectivity index (χ3v) is 5.70. The lowest BCUT2D eigenvalue weighted by atomic mass is 10.1. The van der Waals surface area contributed by atoms with Crippen LogP contribution in [0.3, 0.4) is 0 Å². The second-order valence-corrected chi connectivity index (χ2v) is 7.91. The van der Waals surface area contributed by atoms with E-state index >= 15 is 0 Å². The van der Waals surface area contributed by atoms with Gasteiger partial charge in [-0.25, -0.2) is 0 Å². The van der Waals surface area contributed by atoms with Crippen molar-refractivity contribution in [2.24, 2.45) is 0 Å². The van der Waals surface area contributed by atoms with Crippen LogP contribution in [-0.4, -0.2) is 15.2 Å². The molecule has 1 fully saturated rings. The molecule has 0 N–H and O–H groups in total. The van der Waals surface area contributed by atoms with Crippen molar-refractivity contribution in [2.75, 3.05) is 4.90 Å². The quantitative estimate of drug-likeness (QED) is 0.277. The normalized spacial score (nSPS) is 15.8. The Balaban J connectivity index is 1.96. The van der Waals surface area contributed by atoms with E-state index in [0.29, 0.717) is 25.5 Å². The van der Waals surface area contributed by atoms with Crippen molar-refractivity contribution in [2.45, 2.75) is 6.92 Å². The topological polar surface area (TPSA) is 63.5 Å². The minimum atomic E-state index is -0.570. The summed E-state index contributed by atoms with van der Waals surface area (Å²) in [5.74, 6) is -0.308. The summed E-state index contributed by atoms with van der Waals surface area (Å²) in [7, 11) is 0. The first-order valence-corrected chi connectivity index (χ1v) is 9.24. The Kier molecular flexibility index (Phi) is 5.34. The average molecular weight is 425 g/mol. The third-order valence-electron chi connectivity index (χ3n) is 3.67. The SMILES string of the molecule is Cc1ccc(N2C(=O)C(=Cc3ccc(Cl)c([N+](=O)[O-])c3)SC2=S)cc1Cl. The number of hydrogen-bond donors (Lipinski definition) is 0. The summed E-state index contributed by atoms with van der Waals surface area (Å²) in [6.45, 7) is 1.86. The fraction of sp³-hybridized carbons (Fsp3) is 0.0588. The van der Waals surface area contributed by atoms with Gasteiger partial charge in [0.1, 0.15) is 5.02 Å². The summed E-state index contributed by atoms with van der Waals surface area (Å²) >= 11 is 18.4. The molecule has 5 nitrogen and oxygen atoms in total. The van der Waals surface area contributed by atoms with E-state index in [1.165, 1.54) is 17.0 Å². The van der Waals surface area contributed by atoms with Crippen molar-refractivity contribution in [3.05, 3.63) is 72.6 Å². The molecule has 2 aromatic rings. The van der Waals surface area contributed by atoms with E-state index in [-0.39, 0.29) is 16.6 Å². The second kappa shape index (κ2) is 7.36. The van der Waals surface area contributed by atoms with Gasteiger partial charge in [0, 0.05) is 11.1 Å². The van der Waals surface area contributed by atoms with Crippen molar-refractivity contribution in [1.82, 2.24) is 0 Å². The molecule has 0 atom stereocenters. The number of nitro benzene ring substituents is 1. The molecule has 26 heavy (non-hydrogen) atoms. The van der Waals surface area contributed by atoms with Crippen molar-refractivity contribution in [3.8, 4) is 0 Å². The van der Waals surface area contributed by atoms with E-state index < -0.39 is 4.92 Å². The molecule has 0 bridgehead atoms. The monoisotopic (exact) mass is 424 g/mol. The highest BCUT2D eigenvalue weighted by atomic mass is 35.5. The molecule has 2 aromatic carbocycles. The van der Waals surface area contributed by atoms with Crippen LogP contribution < -0.4 is 4.90 Å². The highest BCUT2D eigenvalue weighted by Gasteiger charge is 2.33. The highest BCUT2D eigenvalue weighted by Crippen LogP contribution is 2.37. The molecular weight excluding hydrogens is 415 g/mol. The summed E-state index contributed by atoms with van der Waals surface area (Å²) in [4.78, 5) is 24.9. The molecule has 1 amide bonds. The minimum Gasteiger partial charge on any atom is -0.268 e. The molecule has 0 aromatic heterocycles. The van der Waals surface area contributed by atoms with Crippen LogP contribution in [-0.2, 0) is 4.79 Å². The maximum atomic E-state index is 12.7. The number of halogens is 2. The molecule has 0 saturated carbocycles. The van der Waals surface area contributed by atoms with Crippen LogP contribution in [0.15, 0.2) is 41.3 Å². The minimum absolute atomic E-state index is 0.0361. The fourth-order valence-corrected chi connectivity index (χ4v) is 3.98. The van der Waals surface area contributed by atoms with Crippen molar-refractivity contribution < 1.29 is 9.72 Å². The van der Waals surface area contributed by atoms with Crippen molar-refractivity contribution >= 4 is 74.9 Å². The van der Waals surface area contributed by atoms with E-state index in [1.54, 1.807) is 24.3 Å². The summed E-state index contributed by atoms with van der Waals surface area (Å²) < 4.78 is 0.365. The predicted octanol–water partition coefficient (Wildman–Crippen LogP) is 5.62. The van der Waals surface area contributed by atoms with Gasteiger partial charge in [-0.3, -0.25) is 19.8 Å². The highest BCUT2D eigenvalue weighted by molar-refractivity contribution is 8.27. The van der Waals surface area contributed by atoms with Crippen molar-refractivity contribution in [3.63, 3.8) is 0 Å². The number of nitro groups is 1. The first-order valence-electron chi connectivity index (χ1n) is 7.26. The van der Waals surface area contributed by atoms with Crippen LogP contribution in [0.4, 0.5) is 11.4 Å². The van der Waals surface area contributed by atoms with E-state index in [0.717, 1.165) is 17.3 Å². The molecule has 1 saturated heterocycles. The van der Waals surface area contributed by atoms with Crippen LogP contribution in [0.1, 0.15) is 11.1 Å². The van der Waals surface area contributed by atoms with Gasteiger partial charge >= 0.3 is 0 Å². The Hall–Kier alpha value is -1.93. The van der Waals surface area contributed by atoms with Crippen molar-refractivity contribution in [1.29, 1.82) is 0 Å². The number of carbonyl (C=O) groups excluding carboxylic acids is 1. The number of amides is 1. The Morgan fingerprint density at radius 1 is 1.19 bits per heavy atom. The predicted molar refractivity (Wildman–Crippen MR) is 110 cm³/mol. The lowest BCUT2D eigenvalue weighted by Crippen LogP contribution is -2.27. The van der Waals surface area contributed by atoms with E-state index in [1.807, 2.05) is 13.0 Å². The van der Waals surface area contributed by atoms with Gasteiger partial charge in [-0.2, -0.15) is 0 Å². The first-order chi connectivity index (χ1) is 12.3. The number of hydrogen-bond acceptors (Lipinski definition) is 5. The number of anilines is 1. The smallest absolute Gasteiger partial charge is 0.268 e. The molecule has 0 aliphatic carbocycles. The molecule has 1 heterocycles. The number of rotatable bonds is 3. The fourth-order valence-electron chi connectivity index (χ4n) is 2.32. The maximum absolute atomic E-state index is 12.7. The lowest BCUT2D eigenvalue weighted by Gasteiger charge is -2.15. The van der Waals surface area contributed by atoms with E-state index in [9.17, 15) is 14.9 Å². The second-order valence-electron chi connectivity index (χ2n) is 5.42. The Bertz CT molecular complexity index is 992. The Labute approximate surface area is 168 Å².